The van der Waals surface area contributed by atoms with Crippen LogP contribution in [0.5, 0.6) is 0 Å². The summed E-state index contributed by atoms with van der Waals surface area (Å²) >= 11 is 0. The van der Waals surface area contributed by atoms with Crippen LogP contribution >= 0.6 is 0 Å². The highest BCUT2D eigenvalue weighted by Crippen LogP contribution is 2.09. The van der Waals surface area contributed by atoms with Gasteiger partial charge in [-0.3, -0.25) is 9.78 Å². The number of rotatable bonds is 5. The van der Waals surface area contributed by atoms with Crippen LogP contribution < -0.4 is 5.32 Å². The van der Waals surface area contributed by atoms with Crippen molar-refractivity contribution in [2.75, 3.05) is 7.11 Å². The molecular formula is C18H18N2O3. The number of pyridine rings is 1. The number of nitrogens with one attached hydrogen (secondary N) is 1. The lowest BCUT2D eigenvalue weighted by molar-refractivity contribution is -0.117. The van der Waals surface area contributed by atoms with Crippen molar-refractivity contribution in [1.82, 2.24) is 10.3 Å². The number of nitrogens with zero attached hydrogens (tertiary/aromatic N) is 1. The maximum absolute atomic E-state index is 11.9. The molecule has 2 rings (SSSR count). The monoisotopic (exact) mass is 310 g/mol. The average molecular weight is 310 g/mol. The minimum atomic E-state index is -0.387. The van der Waals surface area contributed by atoms with Crippen LogP contribution in [0.25, 0.3) is 6.08 Å². The van der Waals surface area contributed by atoms with Gasteiger partial charge in [0, 0.05) is 12.3 Å². The van der Waals surface area contributed by atoms with E-state index >= 15 is 0 Å². The fraction of sp³-hybridized carbons (Fsp3) is 0.167. The summed E-state index contributed by atoms with van der Waals surface area (Å²) in [7, 11) is 1.34. The lowest BCUT2D eigenvalue weighted by Crippen LogP contribution is -2.25. The van der Waals surface area contributed by atoms with Crippen molar-refractivity contribution in [3.8, 4) is 0 Å². The molecule has 5 heteroatoms. The van der Waals surface area contributed by atoms with Crippen LogP contribution in [-0.4, -0.2) is 24.0 Å². The zero-order valence-corrected chi connectivity index (χ0v) is 13.0. The first kappa shape index (κ1) is 16.4. The van der Waals surface area contributed by atoms with Crippen molar-refractivity contribution in [3.63, 3.8) is 0 Å². The summed E-state index contributed by atoms with van der Waals surface area (Å²) in [6.07, 6.45) is 4.82. The average Bonchev–Trinajstić information content (AvgIpc) is 2.60. The van der Waals surface area contributed by atoms with Crippen molar-refractivity contribution in [1.29, 1.82) is 0 Å². The van der Waals surface area contributed by atoms with E-state index in [0.717, 1.165) is 11.3 Å². The van der Waals surface area contributed by atoms with Gasteiger partial charge in [-0.25, -0.2) is 4.79 Å². The first-order valence-corrected chi connectivity index (χ1v) is 7.18. The second-order valence-corrected chi connectivity index (χ2v) is 4.93. The Labute approximate surface area is 135 Å². The van der Waals surface area contributed by atoms with Crippen LogP contribution in [0.4, 0.5) is 0 Å². The number of methoxy groups -OCH3 is 1. The molecule has 0 saturated carbocycles. The normalized spacial score (nSPS) is 11.9. The van der Waals surface area contributed by atoms with Crippen molar-refractivity contribution in [3.05, 3.63) is 71.6 Å². The Bertz CT molecular complexity index is 694. The predicted molar refractivity (Wildman–Crippen MR) is 87.6 cm³/mol. The standard InChI is InChI=1S/C18H18N2O3/c1-13(16-5-3-4-12-19-16)20-17(21)11-8-14-6-9-15(10-7-14)18(22)23-2/h3-13H,1-2H3,(H,20,21)/b11-8+. The van der Waals surface area contributed by atoms with Gasteiger partial charge in [0.25, 0.3) is 0 Å². The molecule has 1 N–H and O–H groups in total. The smallest absolute Gasteiger partial charge is 0.337 e. The number of hydrogen-bond donors (Lipinski definition) is 1. The zero-order valence-electron chi connectivity index (χ0n) is 13.0. The largest absolute Gasteiger partial charge is 0.465 e. The summed E-state index contributed by atoms with van der Waals surface area (Å²) < 4.78 is 4.63. The molecule has 1 heterocycles. The lowest BCUT2D eigenvalue weighted by atomic mass is 10.1. The summed E-state index contributed by atoms with van der Waals surface area (Å²) in [6, 6.07) is 12.2. The lowest BCUT2D eigenvalue weighted by Gasteiger charge is -2.11. The molecule has 118 valence electrons. The fourth-order valence-corrected chi connectivity index (χ4v) is 1.99. The molecule has 0 spiro atoms. The molecule has 0 fully saturated rings. The van der Waals surface area contributed by atoms with E-state index in [1.54, 1.807) is 36.5 Å². The molecule has 0 aliphatic rings. The van der Waals surface area contributed by atoms with E-state index in [-0.39, 0.29) is 17.9 Å². The third-order valence-electron chi connectivity index (χ3n) is 3.25. The van der Waals surface area contributed by atoms with Crippen molar-refractivity contribution >= 4 is 18.0 Å². The number of benzene rings is 1. The van der Waals surface area contributed by atoms with Crippen molar-refractivity contribution < 1.29 is 14.3 Å². The molecule has 2 aromatic rings. The van der Waals surface area contributed by atoms with Gasteiger partial charge in [-0.15, -0.1) is 0 Å². The zero-order chi connectivity index (χ0) is 16.7. The Balaban J connectivity index is 1.94. The highest BCUT2D eigenvalue weighted by molar-refractivity contribution is 5.92. The molecule has 1 atom stereocenters. The fourth-order valence-electron chi connectivity index (χ4n) is 1.99. The molecule has 1 aromatic heterocycles. The number of ether oxygens (including phenoxy) is 1. The van der Waals surface area contributed by atoms with Gasteiger partial charge in [-0.05, 0) is 42.8 Å². The minimum absolute atomic E-state index is 0.171. The third-order valence-corrected chi connectivity index (χ3v) is 3.25. The van der Waals surface area contributed by atoms with E-state index in [1.807, 2.05) is 25.1 Å². The Kier molecular flexibility index (Phi) is 5.63. The van der Waals surface area contributed by atoms with E-state index in [9.17, 15) is 9.59 Å². The molecule has 0 bridgehead atoms. The van der Waals surface area contributed by atoms with Gasteiger partial charge in [-0.1, -0.05) is 18.2 Å². The van der Waals surface area contributed by atoms with Crippen LogP contribution in [-0.2, 0) is 9.53 Å². The SMILES string of the molecule is COC(=O)c1ccc(/C=C/C(=O)NC(C)c2ccccn2)cc1. The number of aromatic nitrogens is 1. The van der Waals surface area contributed by atoms with E-state index in [2.05, 4.69) is 15.0 Å². The Morgan fingerprint density at radius 3 is 2.52 bits per heavy atom. The molecule has 0 aliphatic heterocycles. The number of carbonyl (C=O) groups is 2. The van der Waals surface area contributed by atoms with Crippen LogP contribution in [0.1, 0.15) is 34.6 Å². The Morgan fingerprint density at radius 1 is 1.17 bits per heavy atom. The number of amides is 1. The molecule has 1 unspecified atom stereocenters. The maximum atomic E-state index is 11.9. The summed E-state index contributed by atoms with van der Waals surface area (Å²) in [5.74, 6) is -0.595. The van der Waals surface area contributed by atoms with E-state index in [4.69, 9.17) is 0 Å². The van der Waals surface area contributed by atoms with Gasteiger partial charge in [-0.2, -0.15) is 0 Å². The predicted octanol–water partition coefficient (Wildman–Crippen LogP) is 2.76. The third kappa shape index (κ3) is 4.78. The first-order valence-electron chi connectivity index (χ1n) is 7.18. The molecule has 1 amide bonds. The summed E-state index contributed by atoms with van der Waals surface area (Å²) in [5.41, 5.74) is 2.09. The van der Waals surface area contributed by atoms with E-state index in [1.165, 1.54) is 13.2 Å². The van der Waals surface area contributed by atoms with Gasteiger partial charge in [0.1, 0.15) is 0 Å². The topological polar surface area (TPSA) is 68.3 Å². The molecule has 23 heavy (non-hydrogen) atoms. The maximum Gasteiger partial charge on any atom is 0.337 e. The van der Waals surface area contributed by atoms with Gasteiger partial charge in [0.15, 0.2) is 0 Å². The van der Waals surface area contributed by atoms with Gasteiger partial charge in [0.2, 0.25) is 5.91 Å². The first-order chi connectivity index (χ1) is 11.1. The second-order valence-electron chi connectivity index (χ2n) is 4.93. The molecular weight excluding hydrogens is 292 g/mol. The van der Waals surface area contributed by atoms with Gasteiger partial charge in [0.05, 0.1) is 24.4 Å². The number of esters is 1. The number of carbonyl (C=O) groups excluding carboxylic acids is 2. The molecule has 0 saturated heterocycles. The van der Waals surface area contributed by atoms with Crippen LogP contribution in [0, 0.1) is 0 Å². The minimum Gasteiger partial charge on any atom is -0.465 e. The Hall–Kier alpha value is -2.95. The summed E-state index contributed by atoms with van der Waals surface area (Å²) in [5, 5.41) is 2.84. The number of hydrogen-bond acceptors (Lipinski definition) is 4. The van der Waals surface area contributed by atoms with E-state index < -0.39 is 0 Å². The second kappa shape index (κ2) is 7.89. The molecule has 1 aromatic carbocycles. The van der Waals surface area contributed by atoms with Gasteiger partial charge >= 0.3 is 5.97 Å². The van der Waals surface area contributed by atoms with Crippen LogP contribution in [0.3, 0.4) is 0 Å². The molecule has 5 nitrogen and oxygen atoms in total. The van der Waals surface area contributed by atoms with Crippen LogP contribution in [0.2, 0.25) is 0 Å². The van der Waals surface area contributed by atoms with E-state index in [0.29, 0.717) is 5.56 Å². The Morgan fingerprint density at radius 2 is 1.91 bits per heavy atom. The highest BCUT2D eigenvalue weighted by Gasteiger charge is 2.08. The molecule has 0 aliphatic carbocycles. The van der Waals surface area contributed by atoms with Crippen molar-refractivity contribution in [2.45, 2.75) is 13.0 Å². The summed E-state index contributed by atoms with van der Waals surface area (Å²) in [6.45, 7) is 1.87. The highest BCUT2D eigenvalue weighted by atomic mass is 16.5. The summed E-state index contributed by atoms with van der Waals surface area (Å²) in [4.78, 5) is 27.5. The van der Waals surface area contributed by atoms with Gasteiger partial charge < -0.3 is 10.1 Å². The molecule has 0 radical (unpaired) electrons. The quantitative estimate of drug-likeness (QED) is 0.681. The van der Waals surface area contributed by atoms with Crippen LogP contribution in [0.15, 0.2) is 54.7 Å². The van der Waals surface area contributed by atoms with Crippen molar-refractivity contribution in [2.24, 2.45) is 0 Å².